The van der Waals surface area contributed by atoms with Crippen LogP contribution >= 0.6 is 0 Å². The van der Waals surface area contributed by atoms with Crippen LogP contribution in [0.25, 0.3) is 0 Å². The second kappa shape index (κ2) is 2.57. The third-order valence-corrected chi connectivity index (χ3v) is 2.08. The van der Waals surface area contributed by atoms with Crippen molar-refractivity contribution in [2.75, 3.05) is 6.67 Å². The molecule has 0 saturated carbocycles. The first-order valence-electron chi connectivity index (χ1n) is 2.70. The van der Waals surface area contributed by atoms with Gasteiger partial charge in [0.25, 0.3) is 10.1 Å². The normalized spacial score (nSPS) is 25.9. The fourth-order valence-electron chi connectivity index (χ4n) is 0.647. The van der Waals surface area contributed by atoms with Crippen molar-refractivity contribution in [2.24, 2.45) is 0 Å². The van der Waals surface area contributed by atoms with Crippen LogP contribution in [0.3, 0.4) is 0 Å². The van der Waals surface area contributed by atoms with Crippen molar-refractivity contribution in [3.05, 3.63) is 12.3 Å². The molecule has 0 fully saturated rings. The summed E-state index contributed by atoms with van der Waals surface area (Å²) in [5.74, 6) is 0. The monoisotopic (exact) mass is 164 g/mol. The second-order valence-electron chi connectivity index (χ2n) is 1.88. The Morgan fingerprint density at radius 1 is 1.60 bits per heavy atom. The van der Waals surface area contributed by atoms with Crippen molar-refractivity contribution >= 4 is 10.1 Å². The highest BCUT2D eigenvalue weighted by Crippen LogP contribution is 1.97. The average molecular weight is 164 g/mol. The van der Waals surface area contributed by atoms with Crippen molar-refractivity contribution in [2.45, 2.75) is 5.37 Å². The molecule has 0 radical (unpaired) electrons. The van der Waals surface area contributed by atoms with Gasteiger partial charge < -0.3 is 5.32 Å². The molecule has 1 heterocycles. The summed E-state index contributed by atoms with van der Waals surface area (Å²) in [6, 6.07) is 0. The van der Waals surface area contributed by atoms with E-state index in [0.29, 0.717) is 6.67 Å². The summed E-state index contributed by atoms with van der Waals surface area (Å²) in [6.07, 6.45) is 2.81. The summed E-state index contributed by atoms with van der Waals surface area (Å²) in [4.78, 5) is 0. The summed E-state index contributed by atoms with van der Waals surface area (Å²) in [7, 11) is -3.96. The van der Waals surface area contributed by atoms with Crippen molar-refractivity contribution in [1.82, 2.24) is 10.6 Å². The lowest BCUT2D eigenvalue weighted by Gasteiger charge is -2.15. The molecule has 0 aromatic rings. The number of nitrogens with one attached hydrogen (secondary N) is 2. The van der Waals surface area contributed by atoms with Crippen molar-refractivity contribution in [3.8, 4) is 0 Å². The molecule has 0 bridgehead atoms. The van der Waals surface area contributed by atoms with Gasteiger partial charge in [-0.2, -0.15) is 8.42 Å². The van der Waals surface area contributed by atoms with E-state index in [1.807, 2.05) is 0 Å². The summed E-state index contributed by atoms with van der Waals surface area (Å²) in [6.45, 7) is 0.348. The maximum absolute atomic E-state index is 10.4. The topological polar surface area (TPSA) is 78.4 Å². The first-order chi connectivity index (χ1) is 4.61. The Kier molecular flexibility index (Phi) is 1.93. The minimum atomic E-state index is -3.96. The second-order valence-corrected chi connectivity index (χ2v) is 3.42. The van der Waals surface area contributed by atoms with Gasteiger partial charge in [-0.25, -0.2) is 0 Å². The van der Waals surface area contributed by atoms with Crippen LogP contribution in [0.4, 0.5) is 0 Å². The SMILES string of the molecule is O=S(=O)(O)C1C=CNCN1. The molecule has 0 amide bonds. The molecule has 5 nitrogen and oxygen atoms in total. The Hall–Kier alpha value is -0.590. The van der Waals surface area contributed by atoms with E-state index < -0.39 is 15.5 Å². The minimum absolute atomic E-state index is 0.348. The summed E-state index contributed by atoms with van der Waals surface area (Å²) < 4.78 is 29.3. The van der Waals surface area contributed by atoms with E-state index in [2.05, 4.69) is 10.6 Å². The molecule has 1 aliphatic heterocycles. The van der Waals surface area contributed by atoms with Gasteiger partial charge in [0, 0.05) is 0 Å². The van der Waals surface area contributed by atoms with Crippen molar-refractivity contribution in [1.29, 1.82) is 0 Å². The number of hydrogen-bond donors (Lipinski definition) is 3. The predicted octanol–water partition coefficient (Wildman–Crippen LogP) is -1.14. The average Bonchev–Trinajstić information content (AvgIpc) is 1.88. The van der Waals surface area contributed by atoms with Gasteiger partial charge in [0.2, 0.25) is 0 Å². The largest absolute Gasteiger partial charge is 0.379 e. The number of rotatable bonds is 1. The Labute approximate surface area is 58.9 Å². The van der Waals surface area contributed by atoms with E-state index in [1.165, 1.54) is 12.3 Å². The molecular formula is C4H8N2O3S. The predicted molar refractivity (Wildman–Crippen MR) is 35.6 cm³/mol. The first kappa shape index (κ1) is 7.52. The van der Waals surface area contributed by atoms with Crippen molar-refractivity contribution in [3.63, 3.8) is 0 Å². The van der Waals surface area contributed by atoms with Gasteiger partial charge in [-0.15, -0.1) is 0 Å². The maximum Gasteiger partial charge on any atom is 0.284 e. The fraction of sp³-hybridized carbons (Fsp3) is 0.500. The van der Waals surface area contributed by atoms with Crippen LogP contribution in [-0.2, 0) is 10.1 Å². The Morgan fingerprint density at radius 3 is 2.60 bits per heavy atom. The van der Waals surface area contributed by atoms with Crippen LogP contribution in [0, 0.1) is 0 Å². The smallest absolute Gasteiger partial charge is 0.284 e. The summed E-state index contributed by atoms with van der Waals surface area (Å²) >= 11 is 0. The molecule has 1 atom stereocenters. The highest BCUT2D eigenvalue weighted by molar-refractivity contribution is 7.86. The third-order valence-electron chi connectivity index (χ3n) is 1.12. The minimum Gasteiger partial charge on any atom is -0.379 e. The molecule has 1 rings (SSSR count). The molecule has 10 heavy (non-hydrogen) atoms. The van der Waals surface area contributed by atoms with Gasteiger partial charge in [0.05, 0.1) is 6.67 Å². The molecule has 58 valence electrons. The third kappa shape index (κ3) is 1.69. The van der Waals surface area contributed by atoms with Crippen LogP contribution in [0.5, 0.6) is 0 Å². The zero-order valence-corrected chi connectivity index (χ0v) is 5.93. The highest BCUT2D eigenvalue weighted by atomic mass is 32.2. The van der Waals surface area contributed by atoms with Gasteiger partial charge in [0.1, 0.15) is 0 Å². The maximum atomic E-state index is 10.4. The van der Waals surface area contributed by atoms with Gasteiger partial charge in [-0.05, 0) is 12.3 Å². The zero-order chi connectivity index (χ0) is 7.61. The summed E-state index contributed by atoms with van der Waals surface area (Å²) in [5, 5.41) is 4.28. The Bertz CT molecular complexity index is 233. The van der Waals surface area contributed by atoms with E-state index in [1.54, 1.807) is 0 Å². The fourth-order valence-corrected chi connectivity index (χ4v) is 1.22. The quantitative estimate of drug-likeness (QED) is 0.427. The molecule has 0 spiro atoms. The zero-order valence-electron chi connectivity index (χ0n) is 5.11. The highest BCUT2D eigenvalue weighted by Gasteiger charge is 2.19. The molecule has 0 aromatic heterocycles. The van der Waals surface area contributed by atoms with Gasteiger partial charge in [-0.3, -0.25) is 9.87 Å². The van der Waals surface area contributed by atoms with E-state index in [0.717, 1.165) is 0 Å². The van der Waals surface area contributed by atoms with Crippen LogP contribution in [0.15, 0.2) is 12.3 Å². The van der Waals surface area contributed by atoms with E-state index in [-0.39, 0.29) is 0 Å². The molecule has 0 aliphatic carbocycles. The molecular weight excluding hydrogens is 156 g/mol. The molecule has 6 heteroatoms. The first-order valence-corrected chi connectivity index (χ1v) is 4.21. The van der Waals surface area contributed by atoms with Crippen LogP contribution in [0.2, 0.25) is 0 Å². The lowest BCUT2D eigenvalue weighted by molar-refractivity contribution is 0.458. The standard InChI is InChI=1S/C4H8N2O3S/c7-10(8,9)4-1-2-5-3-6-4/h1-2,4-6H,3H2,(H,7,8,9). The molecule has 1 unspecified atom stereocenters. The van der Waals surface area contributed by atoms with Gasteiger partial charge in [0.15, 0.2) is 5.37 Å². The molecule has 1 aliphatic rings. The Balaban J connectivity index is 2.74. The van der Waals surface area contributed by atoms with Crippen LogP contribution in [-0.4, -0.2) is 25.0 Å². The van der Waals surface area contributed by atoms with E-state index in [9.17, 15) is 8.42 Å². The summed E-state index contributed by atoms with van der Waals surface area (Å²) in [5.41, 5.74) is 0. The van der Waals surface area contributed by atoms with Gasteiger partial charge in [-0.1, -0.05) is 0 Å². The Morgan fingerprint density at radius 2 is 2.30 bits per heavy atom. The van der Waals surface area contributed by atoms with E-state index in [4.69, 9.17) is 4.55 Å². The number of hydrogen-bond acceptors (Lipinski definition) is 4. The lowest BCUT2D eigenvalue weighted by atomic mass is 10.5. The lowest BCUT2D eigenvalue weighted by Crippen LogP contribution is -2.42. The van der Waals surface area contributed by atoms with Crippen molar-refractivity contribution < 1.29 is 13.0 Å². The van der Waals surface area contributed by atoms with Crippen LogP contribution in [0.1, 0.15) is 0 Å². The molecule has 0 saturated heterocycles. The molecule has 0 aromatic carbocycles. The molecule has 3 N–H and O–H groups in total. The van der Waals surface area contributed by atoms with Crippen LogP contribution < -0.4 is 10.6 Å². The van der Waals surface area contributed by atoms with E-state index >= 15 is 0 Å². The van der Waals surface area contributed by atoms with Gasteiger partial charge >= 0.3 is 0 Å².